The van der Waals surface area contributed by atoms with E-state index in [0.717, 1.165) is 17.4 Å². The number of amides is 1. The Morgan fingerprint density at radius 2 is 1.76 bits per heavy atom. The number of methoxy groups -OCH3 is 1. The Hall–Kier alpha value is -2.70. The zero-order valence-corrected chi connectivity index (χ0v) is 13.7. The molecule has 7 heteroatoms. The first-order valence-electron chi connectivity index (χ1n) is 7.70. The Morgan fingerprint density at radius 3 is 2.48 bits per heavy atom. The lowest BCUT2D eigenvalue weighted by atomic mass is 10.1. The fraction of sp³-hybridized carbons (Fsp3) is 0.278. The third-order valence-corrected chi connectivity index (χ3v) is 3.58. The number of rotatable bonds is 7. The summed E-state index contributed by atoms with van der Waals surface area (Å²) in [7, 11) is 1.57. The number of carbonyl (C=O) groups excluding carboxylic acids is 1. The summed E-state index contributed by atoms with van der Waals surface area (Å²) in [6.07, 6.45) is -3.90. The van der Waals surface area contributed by atoms with Crippen molar-refractivity contribution in [2.45, 2.75) is 12.6 Å². The van der Waals surface area contributed by atoms with Gasteiger partial charge in [0.1, 0.15) is 5.75 Å². The van der Waals surface area contributed by atoms with Crippen molar-refractivity contribution in [1.82, 2.24) is 5.32 Å². The fourth-order valence-corrected chi connectivity index (χ4v) is 2.37. The van der Waals surface area contributed by atoms with Crippen molar-refractivity contribution < 1.29 is 22.7 Å². The number of para-hydroxylation sites is 2. The minimum absolute atomic E-state index is 0.116. The molecule has 0 heterocycles. The van der Waals surface area contributed by atoms with Gasteiger partial charge in [-0.2, -0.15) is 13.2 Å². The number of hydrogen-bond donors (Lipinski definition) is 2. The van der Waals surface area contributed by atoms with E-state index >= 15 is 0 Å². The summed E-state index contributed by atoms with van der Waals surface area (Å²) in [5, 5.41) is 5.21. The van der Waals surface area contributed by atoms with Crippen LogP contribution < -0.4 is 15.4 Å². The number of anilines is 1. The number of halogens is 3. The topological polar surface area (TPSA) is 50.4 Å². The maximum absolute atomic E-state index is 12.9. The minimum Gasteiger partial charge on any atom is -0.496 e. The van der Waals surface area contributed by atoms with Crippen LogP contribution >= 0.6 is 0 Å². The first kappa shape index (κ1) is 18.6. The van der Waals surface area contributed by atoms with Crippen LogP contribution in [0.4, 0.5) is 18.9 Å². The first-order valence-corrected chi connectivity index (χ1v) is 7.70. The van der Waals surface area contributed by atoms with Crippen LogP contribution in [0, 0.1) is 0 Å². The monoisotopic (exact) mass is 352 g/mol. The van der Waals surface area contributed by atoms with Crippen molar-refractivity contribution in [2.24, 2.45) is 0 Å². The Bertz CT molecular complexity index is 717. The molecule has 0 saturated heterocycles. The summed E-state index contributed by atoms with van der Waals surface area (Å²) >= 11 is 0. The largest absolute Gasteiger partial charge is 0.496 e. The molecule has 0 saturated carbocycles. The summed E-state index contributed by atoms with van der Waals surface area (Å²) in [6.45, 7) is 0.126. The maximum Gasteiger partial charge on any atom is 0.418 e. The SMILES string of the molecule is COc1ccccc1CCNC(=O)CNc1ccccc1C(F)(F)F. The molecule has 0 spiro atoms. The number of carbonyl (C=O) groups is 1. The standard InChI is InChI=1S/C18H19F3N2O2/c1-25-16-9-5-2-6-13(16)10-11-22-17(24)12-23-15-8-4-3-7-14(15)18(19,20)21/h2-9,23H,10-12H2,1H3,(H,22,24). The molecule has 2 aromatic rings. The van der Waals surface area contributed by atoms with Gasteiger partial charge in [0, 0.05) is 12.2 Å². The van der Waals surface area contributed by atoms with Gasteiger partial charge in [0.15, 0.2) is 0 Å². The molecule has 0 fully saturated rings. The van der Waals surface area contributed by atoms with E-state index in [0.29, 0.717) is 13.0 Å². The maximum atomic E-state index is 12.9. The van der Waals surface area contributed by atoms with Gasteiger partial charge in [-0.1, -0.05) is 30.3 Å². The molecule has 0 aliphatic heterocycles. The predicted molar refractivity (Wildman–Crippen MR) is 89.6 cm³/mol. The van der Waals surface area contributed by atoms with E-state index in [-0.39, 0.29) is 18.1 Å². The molecule has 0 aliphatic rings. The smallest absolute Gasteiger partial charge is 0.418 e. The average Bonchev–Trinajstić information content (AvgIpc) is 2.60. The van der Waals surface area contributed by atoms with Crippen molar-refractivity contribution >= 4 is 11.6 Å². The molecule has 25 heavy (non-hydrogen) atoms. The van der Waals surface area contributed by atoms with Crippen LogP contribution in [0.3, 0.4) is 0 Å². The van der Waals surface area contributed by atoms with E-state index in [2.05, 4.69) is 10.6 Å². The first-order chi connectivity index (χ1) is 11.9. The van der Waals surface area contributed by atoms with Crippen molar-refractivity contribution in [3.8, 4) is 5.75 Å². The molecule has 2 rings (SSSR count). The summed E-state index contributed by atoms with van der Waals surface area (Å²) in [5.74, 6) is 0.348. The number of hydrogen-bond acceptors (Lipinski definition) is 3. The van der Waals surface area contributed by atoms with E-state index in [4.69, 9.17) is 4.74 Å². The molecular weight excluding hydrogens is 333 g/mol. The molecule has 0 unspecified atom stereocenters. The van der Waals surface area contributed by atoms with Crippen molar-refractivity contribution in [1.29, 1.82) is 0 Å². The van der Waals surface area contributed by atoms with Gasteiger partial charge in [0.05, 0.1) is 19.2 Å². The summed E-state index contributed by atoms with van der Waals surface area (Å²) < 4.78 is 43.9. The highest BCUT2D eigenvalue weighted by Gasteiger charge is 2.33. The van der Waals surface area contributed by atoms with Crippen molar-refractivity contribution in [3.05, 3.63) is 59.7 Å². The van der Waals surface area contributed by atoms with Crippen LogP contribution in [0.2, 0.25) is 0 Å². The van der Waals surface area contributed by atoms with Gasteiger partial charge in [-0.25, -0.2) is 0 Å². The summed E-state index contributed by atoms with van der Waals surface area (Å²) in [6, 6.07) is 12.5. The second kappa shape index (κ2) is 8.41. The van der Waals surface area contributed by atoms with Gasteiger partial charge >= 0.3 is 6.18 Å². The molecule has 4 nitrogen and oxygen atoms in total. The van der Waals surface area contributed by atoms with Crippen LogP contribution in [-0.2, 0) is 17.4 Å². The molecule has 2 aromatic carbocycles. The van der Waals surface area contributed by atoms with Crippen LogP contribution in [0.1, 0.15) is 11.1 Å². The molecule has 0 bridgehead atoms. The third kappa shape index (κ3) is 5.41. The van der Waals surface area contributed by atoms with Crippen LogP contribution in [0.15, 0.2) is 48.5 Å². The Morgan fingerprint density at radius 1 is 1.08 bits per heavy atom. The van der Waals surface area contributed by atoms with E-state index in [9.17, 15) is 18.0 Å². The molecule has 0 radical (unpaired) electrons. The number of alkyl halides is 3. The quantitative estimate of drug-likeness (QED) is 0.802. The normalized spacial score (nSPS) is 11.0. The highest BCUT2D eigenvalue weighted by atomic mass is 19.4. The fourth-order valence-electron chi connectivity index (χ4n) is 2.37. The van der Waals surface area contributed by atoms with Gasteiger partial charge in [-0.05, 0) is 30.2 Å². The third-order valence-electron chi connectivity index (χ3n) is 3.58. The average molecular weight is 352 g/mol. The second-order valence-corrected chi connectivity index (χ2v) is 5.31. The number of benzene rings is 2. The van der Waals surface area contributed by atoms with Gasteiger partial charge in [0.2, 0.25) is 5.91 Å². The Kier molecular flexibility index (Phi) is 6.27. The van der Waals surface area contributed by atoms with Crippen LogP contribution in [-0.4, -0.2) is 26.1 Å². The number of nitrogens with one attached hydrogen (secondary N) is 2. The van der Waals surface area contributed by atoms with Crippen LogP contribution in [0.25, 0.3) is 0 Å². The van der Waals surface area contributed by atoms with E-state index in [1.807, 2.05) is 24.3 Å². The lowest BCUT2D eigenvalue weighted by Gasteiger charge is -2.14. The van der Waals surface area contributed by atoms with Gasteiger partial charge in [-0.3, -0.25) is 4.79 Å². The number of ether oxygens (including phenoxy) is 1. The molecule has 0 atom stereocenters. The zero-order valence-electron chi connectivity index (χ0n) is 13.7. The highest BCUT2D eigenvalue weighted by molar-refractivity contribution is 5.81. The Labute approximate surface area is 144 Å². The molecule has 0 aliphatic carbocycles. The zero-order chi connectivity index (χ0) is 18.3. The Balaban J connectivity index is 1.84. The van der Waals surface area contributed by atoms with E-state index in [1.165, 1.54) is 18.2 Å². The van der Waals surface area contributed by atoms with Crippen molar-refractivity contribution in [3.63, 3.8) is 0 Å². The van der Waals surface area contributed by atoms with Crippen molar-refractivity contribution in [2.75, 3.05) is 25.5 Å². The lowest BCUT2D eigenvalue weighted by molar-refractivity contribution is -0.137. The lowest BCUT2D eigenvalue weighted by Crippen LogP contribution is -2.31. The second-order valence-electron chi connectivity index (χ2n) is 5.31. The molecular formula is C18H19F3N2O2. The molecule has 134 valence electrons. The van der Waals surface area contributed by atoms with E-state index in [1.54, 1.807) is 7.11 Å². The van der Waals surface area contributed by atoms with Gasteiger partial charge < -0.3 is 15.4 Å². The highest BCUT2D eigenvalue weighted by Crippen LogP contribution is 2.34. The predicted octanol–water partition coefficient (Wildman–Crippen LogP) is 3.48. The molecule has 2 N–H and O–H groups in total. The van der Waals surface area contributed by atoms with Gasteiger partial charge in [0.25, 0.3) is 0 Å². The van der Waals surface area contributed by atoms with Crippen LogP contribution in [0.5, 0.6) is 5.75 Å². The van der Waals surface area contributed by atoms with Gasteiger partial charge in [-0.15, -0.1) is 0 Å². The molecule has 1 amide bonds. The van der Waals surface area contributed by atoms with E-state index < -0.39 is 11.7 Å². The summed E-state index contributed by atoms with van der Waals surface area (Å²) in [5.41, 5.74) is 0.0346. The summed E-state index contributed by atoms with van der Waals surface area (Å²) in [4.78, 5) is 11.8. The minimum atomic E-state index is -4.47. The molecule has 0 aromatic heterocycles.